The average molecular weight is 404 g/mol. The highest BCUT2D eigenvalue weighted by Gasteiger charge is 2.23. The SMILES string of the molecule is O=C(O)C(Cc1c[nH]c2c([N+](=O)[O-])ccc(Br)c12)Nc1ccccc1. The van der Waals surface area contributed by atoms with Crippen molar-refractivity contribution in [1.82, 2.24) is 4.98 Å². The number of carbonyl (C=O) groups is 1. The molecule has 7 nitrogen and oxygen atoms in total. The Balaban J connectivity index is 1.96. The molecule has 3 rings (SSSR count). The molecule has 0 spiro atoms. The quantitative estimate of drug-likeness (QED) is 0.426. The molecule has 0 bridgehead atoms. The maximum Gasteiger partial charge on any atom is 0.326 e. The van der Waals surface area contributed by atoms with Gasteiger partial charge in [0.2, 0.25) is 0 Å². The zero-order chi connectivity index (χ0) is 18.0. The van der Waals surface area contributed by atoms with E-state index in [2.05, 4.69) is 26.2 Å². The van der Waals surface area contributed by atoms with Crippen LogP contribution >= 0.6 is 15.9 Å². The summed E-state index contributed by atoms with van der Waals surface area (Å²) >= 11 is 3.39. The van der Waals surface area contributed by atoms with Crippen LogP contribution in [0.5, 0.6) is 0 Å². The Morgan fingerprint density at radius 2 is 2.00 bits per heavy atom. The van der Waals surface area contributed by atoms with Crippen molar-refractivity contribution in [3.63, 3.8) is 0 Å². The Labute approximate surface area is 151 Å². The third-order valence-electron chi connectivity index (χ3n) is 3.88. The van der Waals surface area contributed by atoms with Crippen molar-refractivity contribution in [2.75, 3.05) is 5.32 Å². The number of aromatic nitrogens is 1. The molecule has 0 saturated heterocycles. The number of nitrogens with zero attached hydrogens (tertiary/aromatic N) is 1. The highest BCUT2D eigenvalue weighted by atomic mass is 79.9. The molecule has 0 aliphatic heterocycles. The molecule has 1 aromatic heterocycles. The van der Waals surface area contributed by atoms with Crippen LogP contribution in [0.2, 0.25) is 0 Å². The van der Waals surface area contributed by atoms with E-state index in [0.29, 0.717) is 26.6 Å². The Kier molecular flexibility index (Phi) is 4.71. The lowest BCUT2D eigenvalue weighted by atomic mass is 10.0. The first-order valence-electron chi connectivity index (χ1n) is 7.44. The Bertz CT molecular complexity index is 940. The predicted molar refractivity (Wildman–Crippen MR) is 97.8 cm³/mol. The fourth-order valence-electron chi connectivity index (χ4n) is 2.73. The summed E-state index contributed by atoms with van der Waals surface area (Å²) in [5.74, 6) is -1.00. The van der Waals surface area contributed by atoms with Crippen molar-refractivity contribution in [3.05, 3.63) is 68.8 Å². The topological polar surface area (TPSA) is 108 Å². The highest BCUT2D eigenvalue weighted by Crippen LogP contribution is 2.34. The van der Waals surface area contributed by atoms with Gasteiger partial charge in [0.15, 0.2) is 0 Å². The second kappa shape index (κ2) is 6.94. The Hall–Kier alpha value is -2.87. The summed E-state index contributed by atoms with van der Waals surface area (Å²) in [6, 6.07) is 11.2. The first-order chi connectivity index (χ1) is 12.0. The van der Waals surface area contributed by atoms with Crippen LogP contribution in [0.15, 0.2) is 53.1 Å². The summed E-state index contributed by atoms with van der Waals surface area (Å²) in [5.41, 5.74) is 1.70. The maximum absolute atomic E-state index is 11.6. The van der Waals surface area contributed by atoms with Gasteiger partial charge < -0.3 is 15.4 Å². The fourth-order valence-corrected chi connectivity index (χ4v) is 3.31. The number of hydrogen-bond donors (Lipinski definition) is 3. The summed E-state index contributed by atoms with van der Waals surface area (Å²) < 4.78 is 0.674. The number of anilines is 1. The molecule has 0 saturated carbocycles. The molecule has 0 fully saturated rings. The molecule has 1 heterocycles. The van der Waals surface area contributed by atoms with E-state index in [1.807, 2.05) is 18.2 Å². The van der Waals surface area contributed by atoms with E-state index < -0.39 is 16.9 Å². The number of nitrogens with one attached hydrogen (secondary N) is 2. The molecule has 0 amide bonds. The number of hydrogen-bond acceptors (Lipinski definition) is 4. The molecule has 3 aromatic rings. The van der Waals surface area contributed by atoms with Crippen molar-refractivity contribution < 1.29 is 14.8 Å². The third-order valence-corrected chi connectivity index (χ3v) is 4.54. The molecular formula is C17H14BrN3O4. The summed E-state index contributed by atoms with van der Waals surface area (Å²) in [6.07, 6.45) is 1.79. The van der Waals surface area contributed by atoms with Crippen LogP contribution in [-0.2, 0) is 11.2 Å². The van der Waals surface area contributed by atoms with Crippen LogP contribution in [0.4, 0.5) is 11.4 Å². The van der Waals surface area contributed by atoms with Gasteiger partial charge in [-0.25, -0.2) is 4.79 Å². The number of H-pyrrole nitrogens is 1. The normalized spacial score (nSPS) is 12.0. The van der Waals surface area contributed by atoms with Gasteiger partial charge in [0.25, 0.3) is 5.69 Å². The van der Waals surface area contributed by atoms with E-state index in [1.54, 1.807) is 24.4 Å². The van der Waals surface area contributed by atoms with Crippen molar-refractivity contribution in [2.24, 2.45) is 0 Å². The molecule has 1 atom stereocenters. The molecule has 8 heteroatoms. The number of para-hydroxylation sites is 1. The molecule has 25 heavy (non-hydrogen) atoms. The van der Waals surface area contributed by atoms with Crippen LogP contribution in [0.1, 0.15) is 5.56 Å². The number of carboxylic acids is 1. The summed E-state index contributed by atoms with van der Waals surface area (Å²) in [6.45, 7) is 0. The summed E-state index contributed by atoms with van der Waals surface area (Å²) in [5, 5.41) is 24.3. The predicted octanol–water partition coefficient (Wildman–Crippen LogP) is 3.95. The number of benzene rings is 2. The maximum atomic E-state index is 11.6. The average Bonchev–Trinajstić information content (AvgIpc) is 3.00. The van der Waals surface area contributed by atoms with Crippen LogP contribution in [0.3, 0.4) is 0 Å². The summed E-state index contributed by atoms with van der Waals surface area (Å²) in [7, 11) is 0. The lowest BCUT2D eigenvalue weighted by Crippen LogP contribution is -2.31. The monoisotopic (exact) mass is 403 g/mol. The number of aliphatic carboxylic acids is 1. The van der Waals surface area contributed by atoms with Gasteiger partial charge in [0.1, 0.15) is 11.6 Å². The van der Waals surface area contributed by atoms with Crippen molar-refractivity contribution in [1.29, 1.82) is 0 Å². The lowest BCUT2D eigenvalue weighted by molar-refractivity contribution is -0.383. The molecule has 0 aliphatic carbocycles. The molecule has 3 N–H and O–H groups in total. The van der Waals surface area contributed by atoms with Gasteiger partial charge in [-0.1, -0.05) is 34.1 Å². The van der Waals surface area contributed by atoms with Gasteiger partial charge in [-0.05, 0) is 23.8 Å². The van der Waals surface area contributed by atoms with Gasteiger partial charge in [-0.3, -0.25) is 10.1 Å². The molecule has 0 aliphatic rings. The first kappa shape index (κ1) is 17.0. The number of nitro groups is 1. The largest absolute Gasteiger partial charge is 0.480 e. The van der Waals surface area contributed by atoms with Crippen molar-refractivity contribution in [3.8, 4) is 0 Å². The number of aromatic amines is 1. The smallest absolute Gasteiger partial charge is 0.326 e. The highest BCUT2D eigenvalue weighted by molar-refractivity contribution is 9.10. The second-order valence-electron chi connectivity index (χ2n) is 5.49. The molecule has 128 valence electrons. The van der Waals surface area contributed by atoms with Crippen molar-refractivity contribution >= 4 is 44.2 Å². The Morgan fingerprint density at radius 3 is 2.64 bits per heavy atom. The fraction of sp³-hybridized carbons (Fsp3) is 0.118. The van der Waals surface area contributed by atoms with Gasteiger partial charge >= 0.3 is 5.97 Å². The number of nitro benzene ring substituents is 1. The minimum absolute atomic E-state index is 0.0488. The van der Waals surface area contributed by atoms with Crippen LogP contribution in [0, 0.1) is 10.1 Å². The van der Waals surface area contributed by atoms with Crippen LogP contribution in [0.25, 0.3) is 10.9 Å². The zero-order valence-electron chi connectivity index (χ0n) is 12.9. The zero-order valence-corrected chi connectivity index (χ0v) is 14.5. The minimum Gasteiger partial charge on any atom is -0.480 e. The van der Waals surface area contributed by atoms with E-state index in [0.717, 1.165) is 0 Å². The number of rotatable bonds is 6. The van der Waals surface area contributed by atoms with Gasteiger partial charge in [0, 0.05) is 34.2 Å². The van der Waals surface area contributed by atoms with E-state index in [4.69, 9.17) is 0 Å². The van der Waals surface area contributed by atoms with E-state index in [1.165, 1.54) is 6.07 Å². The van der Waals surface area contributed by atoms with Crippen molar-refractivity contribution in [2.45, 2.75) is 12.5 Å². The van der Waals surface area contributed by atoms with Crippen LogP contribution < -0.4 is 5.32 Å². The first-order valence-corrected chi connectivity index (χ1v) is 8.24. The third kappa shape index (κ3) is 3.48. The molecule has 2 aromatic carbocycles. The number of fused-ring (bicyclic) bond motifs is 1. The van der Waals surface area contributed by atoms with E-state index in [9.17, 15) is 20.0 Å². The number of carboxylic acid groups (broad SMARTS) is 1. The number of halogens is 1. The number of non-ortho nitro benzene ring substituents is 1. The minimum atomic E-state index is -1.00. The Morgan fingerprint density at radius 1 is 1.28 bits per heavy atom. The van der Waals surface area contributed by atoms with E-state index in [-0.39, 0.29) is 12.1 Å². The van der Waals surface area contributed by atoms with Gasteiger partial charge in [-0.2, -0.15) is 0 Å². The van der Waals surface area contributed by atoms with Crippen LogP contribution in [-0.4, -0.2) is 27.0 Å². The molecule has 1 unspecified atom stereocenters. The molecule has 0 radical (unpaired) electrons. The summed E-state index contributed by atoms with van der Waals surface area (Å²) in [4.78, 5) is 25.2. The van der Waals surface area contributed by atoms with Gasteiger partial charge in [-0.15, -0.1) is 0 Å². The molecular weight excluding hydrogens is 390 g/mol. The van der Waals surface area contributed by atoms with Gasteiger partial charge in [0.05, 0.1) is 4.92 Å². The lowest BCUT2D eigenvalue weighted by Gasteiger charge is -2.15. The standard InChI is InChI=1S/C17H14BrN3O4/c18-12-6-7-14(21(24)25)16-15(12)10(9-19-16)8-13(17(22)23)20-11-4-2-1-3-5-11/h1-7,9,13,19-20H,8H2,(H,22,23). The second-order valence-corrected chi connectivity index (χ2v) is 6.35. The van der Waals surface area contributed by atoms with E-state index >= 15 is 0 Å².